The molecule has 0 N–H and O–H groups in total. The summed E-state index contributed by atoms with van der Waals surface area (Å²) in [5.41, 5.74) is 0.903. The van der Waals surface area contributed by atoms with Gasteiger partial charge in [-0.25, -0.2) is 13.8 Å². The molecule has 1 heterocycles. The highest BCUT2D eigenvalue weighted by Gasteiger charge is 2.49. The SMILES string of the molecule is CC(C)(C)N=C1OC(Oc2ccccc2)(c2ccccc2)c2cc(F)c(F)cc21. The van der Waals surface area contributed by atoms with Crippen LogP contribution in [0.1, 0.15) is 37.5 Å². The summed E-state index contributed by atoms with van der Waals surface area (Å²) >= 11 is 0. The molecule has 5 heteroatoms. The number of para-hydroxylation sites is 1. The second kappa shape index (κ2) is 6.99. The third-order valence-corrected chi connectivity index (χ3v) is 4.48. The summed E-state index contributed by atoms with van der Waals surface area (Å²) in [4.78, 5) is 4.61. The van der Waals surface area contributed by atoms with Crippen molar-refractivity contribution < 1.29 is 18.3 Å². The first-order valence-corrected chi connectivity index (χ1v) is 9.37. The maximum Gasteiger partial charge on any atom is 0.307 e. The van der Waals surface area contributed by atoms with Gasteiger partial charge in [0.15, 0.2) is 11.6 Å². The third kappa shape index (κ3) is 3.60. The average molecular weight is 393 g/mol. The third-order valence-electron chi connectivity index (χ3n) is 4.48. The molecular weight excluding hydrogens is 372 g/mol. The van der Waals surface area contributed by atoms with Crippen LogP contribution in [0.3, 0.4) is 0 Å². The van der Waals surface area contributed by atoms with Gasteiger partial charge in [-0.2, -0.15) is 0 Å². The summed E-state index contributed by atoms with van der Waals surface area (Å²) in [7, 11) is 0. The van der Waals surface area contributed by atoms with Crippen LogP contribution in [-0.2, 0) is 10.5 Å². The molecule has 3 aromatic carbocycles. The summed E-state index contributed by atoms with van der Waals surface area (Å²) in [6, 6.07) is 20.6. The number of ether oxygens (including phenoxy) is 2. The first kappa shape index (κ1) is 19.1. The maximum atomic E-state index is 14.3. The average Bonchev–Trinajstić information content (AvgIpc) is 2.96. The van der Waals surface area contributed by atoms with E-state index in [0.29, 0.717) is 22.4 Å². The lowest BCUT2D eigenvalue weighted by Crippen LogP contribution is -2.35. The predicted molar refractivity (Wildman–Crippen MR) is 108 cm³/mol. The van der Waals surface area contributed by atoms with Gasteiger partial charge in [0.05, 0.1) is 16.7 Å². The minimum Gasteiger partial charge on any atom is -0.444 e. The van der Waals surface area contributed by atoms with Crippen LogP contribution in [-0.4, -0.2) is 11.4 Å². The van der Waals surface area contributed by atoms with Gasteiger partial charge in [0.1, 0.15) is 5.75 Å². The van der Waals surface area contributed by atoms with Crippen molar-refractivity contribution in [3.63, 3.8) is 0 Å². The topological polar surface area (TPSA) is 30.8 Å². The number of nitrogens with zero attached hydrogens (tertiary/aromatic N) is 1. The van der Waals surface area contributed by atoms with E-state index < -0.39 is 23.0 Å². The van der Waals surface area contributed by atoms with Crippen molar-refractivity contribution >= 4 is 5.90 Å². The maximum absolute atomic E-state index is 14.3. The molecule has 0 aromatic heterocycles. The minimum atomic E-state index is -1.49. The molecule has 1 atom stereocenters. The molecule has 1 aliphatic rings. The number of halogens is 2. The zero-order chi connectivity index (χ0) is 20.6. The lowest BCUT2D eigenvalue weighted by molar-refractivity contribution is -0.0852. The Labute approximate surface area is 168 Å². The summed E-state index contributed by atoms with van der Waals surface area (Å²) in [6.45, 7) is 5.72. The van der Waals surface area contributed by atoms with Crippen molar-refractivity contribution in [3.05, 3.63) is 101 Å². The molecule has 1 unspecified atom stereocenters. The Morgan fingerprint density at radius 3 is 2.07 bits per heavy atom. The number of hydrogen-bond acceptors (Lipinski definition) is 3. The van der Waals surface area contributed by atoms with Crippen molar-refractivity contribution in [2.45, 2.75) is 32.1 Å². The van der Waals surface area contributed by atoms with E-state index in [1.54, 1.807) is 12.1 Å². The summed E-state index contributed by atoms with van der Waals surface area (Å²) in [5, 5.41) is 0. The fourth-order valence-corrected chi connectivity index (χ4v) is 3.29. The van der Waals surface area contributed by atoms with Gasteiger partial charge in [-0.3, -0.25) is 0 Å². The van der Waals surface area contributed by atoms with Crippen LogP contribution in [0.4, 0.5) is 8.78 Å². The number of aliphatic imine (C=N–C) groups is 1. The Morgan fingerprint density at radius 1 is 0.862 bits per heavy atom. The first-order chi connectivity index (χ1) is 13.8. The van der Waals surface area contributed by atoms with Gasteiger partial charge in [-0.1, -0.05) is 48.5 Å². The molecule has 0 saturated heterocycles. The Morgan fingerprint density at radius 2 is 1.45 bits per heavy atom. The van der Waals surface area contributed by atoms with E-state index in [1.165, 1.54) is 0 Å². The van der Waals surface area contributed by atoms with Gasteiger partial charge < -0.3 is 9.47 Å². The number of fused-ring (bicyclic) bond motifs is 1. The van der Waals surface area contributed by atoms with Crippen LogP contribution in [0.25, 0.3) is 0 Å². The monoisotopic (exact) mass is 393 g/mol. The van der Waals surface area contributed by atoms with Crippen LogP contribution < -0.4 is 4.74 Å². The van der Waals surface area contributed by atoms with Crippen molar-refractivity contribution in [1.29, 1.82) is 0 Å². The second-order valence-corrected chi connectivity index (χ2v) is 7.90. The van der Waals surface area contributed by atoms with E-state index in [9.17, 15) is 8.78 Å². The Hall–Kier alpha value is -3.21. The predicted octanol–water partition coefficient (Wildman–Crippen LogP) is 5.82. The zero-order valence-corrected chi connectivity index (χ0v) is 16.4. The van der Waals surface area contributed by atoms with Crippen LogP contribution >= 0.6 is 0 Å². The molecule has 3 aromatic rings. The first-order valence-electron chi connectivity index (χ1n) is 9.37. The van der Waals surface area contributed by atoms with Gasteiger partial charge >= 0.3 is 5.79 Å². The Bertz CT molecular complexity index is 1060. The molecule has 148 valence electrons. The Kier molecular flexibility index (Phi) is 4.61. The normalized spacial score (nSPS) is 19.7. The molecule has 1 aliphatic heterocycles. The highest BCUT2D eigenvalue weighted by molar-refractivity contribution is 5.99. The van der Waals surface area contributed by atoms with Crippen molar-refractivity contribution in [1.82, 2.24) is 0 Å². The summed E-state index contributed by atoms with van der Waals surface area (Å²) in [6.07, 6.45) is 0. The van der Waals surface area contributed by atoms with Crippen molar-refractivity contribution in [2.75, 3.05) is 0 Å². The highest BCUT2D eigenvalue weighted by atomic mass is 19.2. The van der Waals surface area contributed by atoms with E-state index in [2.05, 4.69) is 4.99 Å². The smallest absolute Gasteiger partial charge is 0.307 e. The van der Waals surface area contributed by atoms with E-state index >= 15 is 0 Å². The molecule has 0 fully saturated rings. The lowest BCUT2D eigenvalue weighted by atomic mass is 9.95. The molecule has 3 nitrogen and oxygen atoms in total. The molecular formula is C24H21F2NO2. The standard InChI is InChI=1S/C24H21F2NO2/c1-23(2,3)27-22-18-14-20(25)21(26)15-19(18)24(29-22,16-10-6-4-7-11-16)28-17-12-8-5-9-13-17/h4-15H,1-3H3. The molecule has 0 amide bonds. The zero-order valence-electron chi connectivity index (χ0n) is 16.4. The summed E-state index contributed by atoms with van der Waals surface area (Å²) in [5.74, 6) is -2.68. The fourth-order valence-electron chi connectivity index (χ4n) is 3.29. The van der Waals surface area contributed by atoms with Crippen molar-refractivity contribution in [3.8, 4) is 5.75 Å². The molecule has 0 radical (unpaired) electrons. The molecule has 0 spiro atoms. The van der Waals surface area contributed by atoms with Crippen LogP contribution in [0, 0.1) is 11.6 Å². The van der Waals surface area contributed by atoms with Crippen LogP contribution in [0.2, 0.25) is 0 Å². The highest BCUT2D eigenvalue weighted by Crippen LogP contribution is 2.44. The van der Waals surface area contributed by atoms with E-state index in [-0.39, 0.29) is 5.90 Å². The van der Waals surface area contributed by atoms with E-state index in [1.807, 2.05) is 69.3 Å². The van der Waals surface area contributed by atoms with Gasteiger partial charge in [-0.05, 0) is 45.0 Å². The molecule has 29 heavy (non-hydrogen) atoms. The number of benzene rings is 3. The van der Waals surface area contributed by atoms with Crippen molar-refractivity contribution in [2.24, 2.45) is 4.99 Å². The van der Waals surface area contributed by atoms with E-state index in [0.717, 1.165) is 12.1 Å². The molecule has 0 aliphatic carbocycles. The number of rotatable bonds is 3. The fraction of sp³-hybridized carbons (Fsp3) is 0.208. The Balaban J connectivity index is 1.99. The quantitative estimate of drug-likeness (QED) is 0.561. The van der Waals surface area contributed by atoms with Crippen LogP contribution in [0.5, 0.6) is 5.75 Å². The van der Waals surface area contributed by atoms with E-state index in [4.69, 9.17) is 9.47 Å². The number of hydrogen-bond donors (Lipinski definition) is 0. The lowest BCUT2D eigenvalue weighted by Gasteiger charge is -2.30. The summed E-state index contributed by atoms with van der Waals surface area (Å²) < 4.78 is 41.1. The molecule has 0 bridgehead atoms. The van der Waals surface area contributed by atoms with Crippen LogP contribution in [0.15, 0.2) is 77.8 Å². The van der Waals surface area contributed by atoms with Gasteiger partial charge in [0, 0.05) is 5.56 Å². The van der Waals surface area contributed by atoms with Gasteiger partial charge in [0.25, 0.3) is 0 Å². The second-order valence-electron chi connectivity index (χ2n) is 7.90. The molecule has 4 rings (SSSR count). The van der Waals surface area contributed by atoms with Gasteiger partial charge in [0.2, 0.25) is 5.90 Å². The van der Waals surface area contributed by atoms with Gasteiger partial charge in [-0.15, -0.1) is 0 Å². The largest absolute Gasteiger partial charge is 0.444 e. The minimum absolute atomic E-state index is 0.214. The molecule has 0 saturated carbocycles.